The van der Waals surface area contributed by atoms with Gasteiger partial charge in [-0.3, -0.25) is 0 Å². The van der Waals surface area contributed by atoms with E-state index in [0.29, 0.717) is 0 Å². The van der Waals surface area contributed by atoms with Gasteiger partial charge in [-0.1, -0.05) is 39.8 Å². The van der Waals surface area contributed by atoms with Crippen molar-refractivity contribution < 1.29 is 0 Å². The van der Waals surface area contributed by atoms with Gasteiger partial charge in [0, 0.05) is 51.4 Å². The van der Waals surface area contributed by atoms with Gasteiger partial charge in [-0.25, -0.2) is 9.97 Å². The van der Waals surface area contributed by atoms with Gasteiger partial charge in [0.05, 0.1) is 33.8 Å². The monoisotopic (exact) mass is 806 g/mol. The second kappa shape index (κ2) is 14.7. The maximum absolute atomic E-state index is 5.62. The molecule has 0 atom stereocenters. The molecular formula is C48H46N4S4. The predicted octanol–water partition coefficient (Wildman–Crippen LogP) is 15.7. The van der Waals surface area contributed by atoms with E-state index in [0.717, 1.165) is 70.5 Å². The van der Waals surface area contributed by atoms with Crippen molar-refractivity contribution in [2.75, 3.05) is 0 Å². The summed E-state index contributed by atoms with van der Waals surface area (Å²) in [6.45, 7) is 18.2. The maximum Gasteiger partial charge on any atom is 0.0777 e. The lowest BCUT2D eigenvalue weighted by atomic mass is 9.98. The minimum Gasteiger partial charge on any atom is -0.354 e. The highest BCUT2D eigenvalue weighted by Crippen LogP contribution is 2.47. The van der Waals surface area contributed by atoms with Crippen molar-refractivity contribution in [1.82, 2.24) is 19.9 Å². The van der Waals surface area contributed by atoms with Crippen LogP contribution in [0.5, 0.6) is 0 Å². The number of nitrogens with one attached hydrogen (secondary N) is 2. The number of fused-ring (bicyclic) bond motifs is 8. The van der Waals surface area contributed by atoms with Gasteiger partial charge in [0.25, 0.3) is 0 Å². The number of hydrogen-bond acceptors (Lipinski definition) is 6. The second-order valence-electron chi connectivity index (χ2n) is 14.7. The van der Waals surface area contributed by atoms with E-state index in [9.17, 15) is 0 Å². The Morgan fingerprint density at radius 3 is 1.27 bits per heavy atom. The number of rotatable bonds is 8. The first-order chi connectivity index (χ1) is 27.2. The summed E-state index contributed by atoms with van der Waals surface area (Å²) in [6, 6.07) is 22.5. The summed E-state index contributed by atoms with van der Waals surface area (Å²) in [7, 11) is 0. The molecule has 9 heterocycles. The van der Waals surface area contributed by atoms with Crippen molar-refractivity contribution >= 4 is 89.7 Å². The summed E-state index contributed by atoms with van der Waals surface area (Å²) >= 11 is 7.31. The number of aromatic nitrogens is 4. The number of H-pyrrole nitrogens is 2. The molecule has 2 aliphatic rings. The first-order valence-electron chi connectivity index (χ1n) is 19.7. The molecule has 0 fully saturated rings. The first kappa shape index (κ1) is 37.0. The Balaban J connectivity index is 1.46. The molecule has 7 aromatic rings. The van der Waals surface area contributed by atoms with Crippen LogP contribution in [0.25, 0.3) is 84.7 Å². The number of hydrogen-bond donors (Lipinski definition) is 2. The molecule has 0 unspecified atom stereocenters. The topological polar surface area (TPSA) is 57.4 Å². The van der Waals surface area contributed by atoms with Crippen LogP contribution in [0.15, 0.2) is 71.4 Å². The first-order valence-corrected chi connectivity index (χ1v) is 23.1. The van der Waals surface area contributed by atoms with Crippen molar-refractivity contribution in [1.29, 1.82) is 0 Å². The number of aryl methyl sites for hydroxylation is 4. The number of thiophene rings is 4. The smallest absolute Gasteiger partial charge is 0.0777 e. The van der Waals surface area contributed by atoms with Gasteiger partial charge in [0.1, 0.15) is 0 Å². The highest BCUT2D eigenvalue weighted by molar-refractivity contribution is 7.24. The van der Waals surface area contributed by atoms with Crippen molar-refractivity contribution in [3.8, 4) is 40.4 Å². The van der Waals surface area contributed by atoms with E-state index < -0.39 is 0 Å². The van der Waals surface area contributed by atoms with Crippen LogP contribution in [-0.2, 0) is 12.8 Å². The number of allylic oxidation sites excluding steroid dienone is 4. The Kier molecular flexibility index (Phi) is 9.73. The molecule has 8 bridgehead atoms. The van der Waals surface area contributed by atoms with Crippen LogP contribution < -0.4 is 0 Å². The lowest BCUT2D eigenvalue weighted by Crippen LogP contribution is -1.87. The van der Waals surface area contributed by atoms with E-state index in [2.05, 4.69) is 137 Å². The van der Waals surface area contributed by atoms with Gasteiger partial charge in [-0.15, -0.1) is 45.3 Å². The second-order valence-corrected chi connectivity index (χ2v) is 18.7. The minimum absolute atomic E-state index is 0.900. The zero-order valence-electron chi connectivity index (χ0n) is 33.3. The summed E-state index contributed by atoms with van der Waals surface area (Å²) in [6.07, 6.45) is 3.62. The fraction of sp³-hybridized carbons (Fsp3) is 0.250. The Bertz CT molecular complexity index is 2680. The third-order valence-electron chi connectivity index (χ3n) is 11.7. The maximum atomic E-state index is 5.62. The summed E-state index contributed by atoms with van der Waals surface area (Å²) in [5, 5.41) is 4.32. The van der Waals surface area contributed by atoms with Gasteiger partial charge in [-0.05, 0) is 157 Å². The van der Waals surface area contributed by atoms with Gasteiger partial charge >= 0.3 is 0 Å². The summed E-state index contributed by atoms with van der Waals surface area (Å²) in [5.41, 5.74) is 21.5. The molecule has 0 saturated heterocycles. The molecule has 0 aliphatic carbocycles. The SMILES string of the molecule is CCC1=C(C)c2nc1cc1[nH]c(c(C)c1CC)c(-c1ccc(-c3cccs3)s1)c1nc(cc3[nH]c(c(C)c3CC)c2-c2ccc(-c3cccs3)s2)C(CC)=C1C. The largest absolute Gasteiger partial charge is 0.354 e. The quantitative estimate of drug-likeness (QED) is 0.161. The fourth-order valence-corrected chi connectivity index (χ4v) is 12.6. The molecule has 0 saturated carbocycles. The molecule has 282 valence electrons. The molecule has 56 heavy (non-hydrogen) atoms. The van der Waals surface area contributed by atoms with Crippen LogP contribution in [0.1, 0.15) is 99.4 Å². The zero-order chi connectivity index (χ0) is 38.8. The lowest BCUT2D eigenvalue weighted by molar-refractivity contribution is 1.14. The molecular weight excluding hydrogens is 761 g/mol. The molecule has 2 aliphatic heterocycles. The molecule has 4 nitrogen and oxygen atoms in total. The van der Waals surface area contributed by atoms with Crippen molar-refractivity contribution in [2.45, 2.75) is 81.1 Å². The van der Waals surface area contributed by atoms with Crippen LogP contribution in [-0.4, -0.2) is 19.9 Å². The molecule has 2 N–H and O–H groups in total. The van der Waals surface area contributed by atoms with Crippen LogP contribution in [0.2, 0.25) is 0 Å². The third kappa shape index (κ3) is 5.96. The molecule has 0 spiro atoms. The predicted molar refractivity (Wildman–Crippen MR) is 248 cm³/mol. The van der Waals surface area contributed by atoms with Gasteiger partial charge in [0.15, 0.2) is 0 Å². The third-order valence-corrected chi connectivity index (χ3v) is 16.0. The van der Waals surface area contributed by atoms with Crippen LogP contribution in [0.3, 0.4) is 0 Å². The van der Waals surface area contributed by atoms with Crippen LogP contribution in [0.4, 0.5) is 0 Å². The molecule has 0 amide bonds. The van der Waals surface area contributed by atoms with E-state index in [1.807, 2.05) is 22.7 Å². The van der Waals surface area contributed by atoms with Gasteiger partial charge in [-0.2, -0.15) is 0 Å². The van der Waals surface area contributed by atoms with Crippen LogP contribution in [0, 0.1) is 13.8 Å². The van der Waals surface area contributed by atoms with Crippen molar-refractivity contribution in [3.05, 3.63) is 116 Å². The lowest BCUT2D eigenvalue weighted by Gasteiger charge is -2.06. The molecule has 9 rings (SSSR count). The van der Waals surface area contributed by atoms with E-state index in [-0.39, 0.29) is 0 Å². The van der Waals surface area contributed by atoms with Gasteiger partial charge < -0.3 is 9.97 Å². The van der Waals surface area contributed by atoms with Crippen molar-refractivity contribution in [3.63, 3.8) is 0 Å². The summed E-state index contributed by atoms with van der Waals surface area (Å²) in [5.74, 6) is 0. The van der Waals surface area contributed by atoms with Crippen molar-refractivity contribution in [2.24, 2.45) is 0 Å². The normalized spacial score (nSPS) is 13.1. The van der Waals surface area contributed by atoms with Crippen LogP contribution >= 0.6 is 45.3 Å². The highest BCUT2D eigenvalue weighted by atomic mass is 32.1. The zero-order valence-corrected chi connectivity index (χ0v) is 36.6. The Hall–Kier alpha value is -4.60. The molecule has 8 heteroatoms. The highest BCUT2D eigenvalue weighted by Gasteiger charge is 2.26. The Morgan fingerprint density at radius 1 is 0.500 bits per heavy atom. The molecule has 0 radical (unpaired) electrons. The Morgan fingerprint density at radius 2 is 0.911 bits per heavy atom. The average molecular weight is 807 g/mol. The number of aromatic amines is 2. The van der Waals surface area contributed by atoms with E-state index >= 15 is 0 Å². The molecule has 7 aromatic heterocycles. The minimum atomic E-state index is 0.900. The van der Waals surface area contributed by atoms with E-state index in [4.69, 9.17) is 9.97 Å². The standard InChI is InChI=1S/C48H46N4S4/c1-9-29-25(5)45-43(41-19-17-39(55-41)37-15-13-21-53-37)46-27(7)31(11-3)35(51-46)24-36-32(12-4)28(8)48(52-36)44(42-20-18-40(56-42)38-16-14-22-54-38)47-26(6)30(10-2)34(50-47)23-33(29)49-45/h13-24,49,52H,9-12H2,1-8H3. The van der Waals surface area contributed by atoms with E-state index in [1.54, 1.807) is 22.7 Å². The number of nitrogens with zero attached hydrogens (tertiary/aromatic N) is 2. The van der Waals surface area contributed by atoms with Gasteiger partial charge in [0.2, 0.25) is 0 Å². The summed E-state index contributed by atoms with van der Waals surface area (Å²) in [4.78, 5) is 26.9. The summed E-state index contributed by atoms with van der Waals surface area (Å²) < 4.78 is 0. The average Bonchev–Trinajstić information content (AvgIpc) is 4.05. The molecule has 0 aromatic carbocycles. The van der Waals surface area contributed by atoms with E-state index in [1.165, 1.54) is 84.9 Å². The Labute approximate surface area is 345 Å². The fourth-order valence-electron chi connectivity index (χ4n) is 8.84.